The van der Waals surface area contributed by atoms with Crippen molar-refractivity contribution in [2.75, 3.05) is 19.4 Å². The minimum absolute atomic E-state index is 0.103. The van der Waals surface area contributed by atoms with Crippen LogP contribution >= 0.6 is 0 Å². The van der Waals surface area contributed by atoms with Crippen molar-refractivity contribution in [2.24, 2.45) is 5.73 Å². The lowest BCUT2D eigenvalue weighted by Crippen LogP contribution is -2.35. The van der Waals surface area contributed by atoms with Gasteiger partial charge in [-0.3, -0.25) is 4.79 Å². The smallest absolute Gasteiger partial charge is 0.241 e. The first-order chi connectivity index (χ1) is 9.02. The molecule has 0 aliphatic carbocycles. The fraction of sp³-hybridized carbons (Fsp3) is 0.533. The van der Waals surface area contributed by atoms with Gasteiger partial charge in [-0.1, -0.05) is 31.9 Å². The van der Waals surface area contributed by atoms with Gasteiger partial charge in [0.05, 0.1) is 6.04 Å². The maximum Gasteiger partial charge on any atom is 0.241 e. The lowest BCUT2D eigenvalue weighted by Gasteiger charge is -2.13. The van der Waals surface area contributed by atoms with Gasteiger partial charge >= 0.3 is 0 Å². The fourth-order valence-electron chi connectivity index (χ4n) is 1.85. The van der Waals surface area contributed by atoms with Gasteiger partial charge in [0.1, 0.15) is 0 Å². The predicted molar refractivity (Wildman–Crippen MR) is 80.0 cm³/mol. The van der Waals surface area contributed by atoms with Gasteiger partial charge in [-0.05, 0) is 38.2 Å². The molecule has 0 aliphatic rings. The molecular weight excluding hydrogens is 238 g/mol. The van der Waals surface area contributed by atoms with Gasteiger partial charge in [0.15, 0.2) is 0 Å². The number of nitrogens with two attached hydrogens (primary N) is 1. The molecule has 106 valence electrons. The molecule has 0 unspecified atom stereocenters. The average molecular weight is 263 g/mol. The Bertz CT molecular complexity index is 387. The molecule has 4 nitrogen and oxygen atoms in total. The number of carbonyl (C=O) groups excluding carboxylic acids is 1. The number of amides is 1. The van der Waals surface area contributed by atoms with Gasteiger partial charge < -0.3 is 16.0 Å². The molecule has 0 spiro atoms. The number of nitrogens with one attached hydrogen (secondary N) is 1. The highest BCUT2D eigenvalue weighted by Gasteiger charge is 2.12. The first kappa shape index (κ1) is 15.7. The Kier molecular flexibility index (Phi) is 6.53. The lowest BCUT2D eigenvalue weighted by atomic mass is 10.1. The maximum atomic E-state index is 11.8. The van der Waals surface area contributed by atoms with Crippen LogP contribution in [0.1, 0.15) is 31.7 Å². The van der Waals surface area contributed by atoms with E-state index in [0.29, 0.717) is 0 Å². The summed E-state index contributed by atoms with van der Waals surface area (Å²) >= 11 is 0. The average Bonchev–Trinajstić information content (AvgIpc) is 2.37. The van der Waals surface area contributed by atoms with E-state index in [4.69, 9.17) is 5.73 Å². The Balaban J connectivity index is 2.50. The van der Waals surface area contributed by atoms with Crippen LogP contribution in [0.5, 0.6) is 0 Å². The van der Waals surface area contributed by atoms with Gasteiger partial charge in [-0.2, -0.15) is 0 Å². The van der Waals surface area contributed by atoms with Crippen molar-refractivity contribution in [3.05, 3.63) is 29.8 Å². The monoisotopic (exact) mass is 263 g/mol. The number of hydrogen-bond donors (Lipinski definition) is 2. The van der Waals surface area contributed by atoms with Crippen molar-refractivity contribution in [1.29, 1.82) is 0 Å². The normalized spacial score (nSPS) is 12.5. The topological polar surface area (TPSA) is 58.4 Å². The molecule has 19 heavy (non-hydrogen) atoms. The largest absolute Gasteiger partial charge is 0.325 e. The SMILES string of the molecule is CCCC[C@H](N)C(=O)Nc1ccc(CN(C)C)cc1. The first-order valence-corrected chi connectivity index (χ1v) is 6.83. The van der Waals surface area contributed by atoms with Crippen molar-refractivity contribution >= 4 is 11.6 Å². The van der Waals surface area contributed by atoms with Crippen molar-refractivity contribution in [2.45, 2.75) is 38.8 Å². The van der Waals surface area contributed by atoms with Gasteiger partial charge in [0.25, 0.3) is 0 Å². The highest BCUT2D eigenvalue weighted by Crippen LogP contribution is 2.11. The van der Waals surface area contributed by atoms with Crippen LogP contribution in [-0.2, 0) is 11.3 Å². The molecule has 0 saturated heterocycles. The molecular formula is C15H25N3O. The molecule has 1 amide bonds. The number of benzene rings is 1. The van der Waals surface area contributed by atoms with E-state index in [9.17, 15) is 4.79 Å². The third kappa shape index (κ3) is 5.85. The van der Waals surface area contributed by atoms with E-state index < -0.39 is 6.04 Å². The van der Waals surface area contributed by atoms with Crippen LogP contribution in [0.25, 0.3) is 0 Å². The summed E-state index contributed by atoms with van der Waals surface area (Å²) in [7, 11) is 4.06. The molecule has 0 radical (unpaired) electrons. The van der Waals surface area contributed by atoms with Gasteiger partial charge in [0, 0.05) is 12.2 Å². The van der Waals surface area contributed by atoms with Crippen molar-refractivity contribution in [1.82, 2.24) is 4.90 Å². The third-order valence-electron chi connectivity index (χ3n) is 2.93. The Morgan fingerprint density at radius 1 is 1.32 bits per heavy atom. The maximum absolute atomic E-state index is 11.8. The number of unbranched alkanes of at least 4 members (excludes halogenated alkanes) is 1. The molecule has 0 fully saturated rings. The summed E-state index contributed by atoms with van der Waals surface area (Å²) < 4.78 is 0. The molecule has 1 aromatic carbocycles. The second-order valence-electron chi connectivity index (χ2n) is 5.17. The van der Waals surface area contributed by atoms with Crippen LogP contribution in [0.4, 0.5) is 5.69 Å². The van der Waals surface area contributed by atoms with Crippen LogP contribution < -0.4 is 11.1 Å². The van der Waals surface area contributed by atoms with E-state index in [-0.39, 0.29) is 5.91 Å². The molecule has 0 aromatic heterocycles. The van der Waals surface area contributed by atoms with Crippen LogP contribution in [0.15, 0.2) is 24.3 Å². The molecule has 4 heteroatoms. The molecule has 0 heterocycles. The van der Waals surface area contributed by atoms with E-state index in [1.165, 1.54) is 5.56 Å². The zero-order valence-corrected chi connectivity index (χ0v) is 12.1. The number of rotatable bonds is 7. The molecule has 1 rings (SSSR count). The van der Waals surface area contributed by atoms with Crippen LogP contribution in [0, 0.1) is 0 Å². The summed E-state index contributed by atoms with van der Waals surface area (Å²) in [6.45, 7) is 2.98. The minimum atomic E-state index is -0.415. The number of anilines is 1. The molecule has 0 bridgehead atoms. The summed E-state index contributed by atoms with van der Waals surface area (Å²) in [5.74, 6) is -0.103. The number of nitrogens with zero attached hydrogens (tertiary/aromatic N) is 1. The Labute approximate surface area is 116 Å². The van der Waals surface area contributed by atoms with Crippen LogP contribution in [0.3, 0.4) is 0 Å². The van der Waals surface area contributed by atoms with E-state index in [0.717, 1.165) is 31.5 Å². The van der Waals surface area contributed by atoms with Gasteiger partial charge in [-0.15, -0.1) is 0 Å². The van der Waals surface area contributed by atoms with E-state index in [1.807, 2.05) is 38.4 Å². The molecule has 1 aromatic rings. The summed E-state index contributed by atoms with van der Waals surface area (Å²) in [6, 6.07) is 7.47. The van der Waals surface area contributed by atoms with E-state index >= 15 is 0 Å². The molecule has 3 N–H and O–H groups in total. The molecule has 1 atom stereocenters. The quantitative estimate of drug-likeness (QED) is 0.793. The predicted octanol–water partition coefficient (Wildman–Crippen LogP) is 2.20. The van der Waals surface area contributed by atoms with Gasteiger partial charge in [0.2, 0.25) is 5.91 Å². The number of hydrogen-bond acceptors (Lipinski definition) is 3. The van der Waals surface area contributed by atoms with Crippen molar-refractivity contribution in [3.63, 3.8) is 0 Å². The molecule has 0 saturated carbocycles. The Hall–Kier alpha value is -1.39. The highest BCUT2D eigenvalue weighted by atomic mass is 16.2. The van der Waals surface area contributed by atoms with Crippen LogP contribution in [0.2, 0.25) is 0 Å². The van der Waals surface area contributed by atoms with E-state index in [2.05, 4.69) is 17.1 Å². The summed E-state index contributed by atoms with van der Waals surface area (Å²) in [6.07, 6.45) is 2.78. The second kappa shape index (κ2) is 7.92. The summed E-state index contributed by atoms with van der Waals surface area (Å²) in [5.41, 5.74) is 7.85. The van der Waals surface area contributed by atoms with Crippen LogP contribution in [-0.4, -0.2) is 30.9 Å². The molecule has 0 aliphatic heterocycles. The standard InChI is InChI=1S/C15H25N3O/c1-4-5-6-14(16)15(19)17-13-9-7-12(8-10-13)11-18(2)3/h7-10,14H,4-6,11,16H2,1-3H3,(H,17,19)/t14-/m0/s1. The lowest BCUT2D eigenvalue weighted by molar-refractivity contribution is -0.117. The summed E-state index contributed by atoms with van der Waals surface area (Å²) in [4.78, 5) is 13.9. The van der Waals surface area contributed by atoms with E-state index in [1.54, 1.807) is 0 Å². The minimum Gasteiger partial charge on any atom is -0.325 e. The Morgan fingerprint density at radius 3 is 2.47 bits per heavy atom. The Morgan fingerprint density at radius 2 is 1.95 bits per heavy atom. The fourth-order valence-corrected chi connectivity index (χ4v) is 1.85. The first-order valence-electron chi connectivity index (χ1n) is 6.83. The zero-order valence-electron chi connectivity index (χ0n) is 12.1. The van der Waals surface area contributed by atoms with Crippen molar-refractivity contribution < 1.29 is 4.79 Å². The second-order valence-corrected chi connectivity index (χ2v) is 5.17. The van der Waals surface area contributed by atoms with Crippen molar-refractivity contribution in [3.8, 4) is 0 Å². The third-order valence-corrected chi connectivity index (χ3v) is 2.93. The number of carbonyl (C=O) groups is 1. The summed E-state index contributed by atoms with van der Waals surface area (Å²) in [5, 5.41) is 2.85. The zero-order chi connectivity index (χ0) is 14.3. The van der Waals surface area contributed by atoms with Gasteiger partial charge in [-0.25, -0.2) is 0 Å². The highest BCUT2D eigenvalue weighted by molar-refractivity contribution is 5.94.